The zero-order valence-corrected chi connectivity index (χ0v) is 14.1. The minimum Gasteiger partial charge on any atom is -0.296 e. The van der Waals surface area contributed by atoms with Gasteiger partial charge in [-0.05, 0) is 38.2 Å². The molecule has 0 aromatic heterocycles. The van der Waals surface area contributed by atoms with E-state index in [0.717, 1.165) is 6.54 Å². The summed E-state index contributed by atoms with van der Waals surface area (Å²) in [5.41, 5.74) is 1.48. The van der Waals surface area contributed by atoms with Crippen LogP contribution in [0.1, 0.15) is 32.8 Å². The summed E-state index contributed by atoms with van der Waals surface area (Å²) in [5, 5.41) is 0. The fourth-order valence-corrected chi connectivity index (χ4v) is 3.80. The molecule has 0 aliphatic carbocycles. The van der Waals surface area contributed by atoms with Crippen LogP contribution < -0.4 is 0 Å². The van der Waals surface area contributed by atoms with Gasteiger partial charge < -0.3 is 0 Å². The maximum atomic E-state index is 2.66. The van der Waals surface area contributed by atoms with Crippen LogP contribution in [0.2, 0.25) is 0 Å². The lowest BCUT2D eigenvalue weighted by Gasteiger charge is -2.43. The fourth-order valence-electron chi connectivity index (χ4n) is 3.20. The summed E-state index contributed by atoms with van der Waals surface area (Å²) >= 11 is 1.86. The summed E-state index contributed by atoms with van der Waals surface area (Å²) in [6, 6.07) is 10.2. The first kappa shape index (κ1) is 15.9. The normalized spacial score (nSPS) is 21.6. The van der Waals surface area contributed by atoms with E-state index in [1.54, 1.807) is 0 Å². The van der Waals surface area contributed by atoms with Crippen molar-refractivity contribution in [1.82, 2.24) is 9.80 Å². The quantitative estimate of drug-likeness (QED) is 0.764. The van der Waals surface area contributed by atoms with Crippen molar-refractivity contribution >= 4 is 11.8 Å². The summed E-state index contributed by atoms with van der Waals surface area (Å²) in [6.07, 6.45) is 3.42. The van der Waals surface area contributed by atoms with Crippen molar-refractivity contribution < 1.29 is 0 Å². The van der Waals surface area contributed by atoms with Crippen molar-refractivity contribution in [2.24, 2.45) is 0 Å². The van der Waals surface area contributed by atoms with Crippen LogP contribution in [0.5, 0.6) is 0 Å². The second kappa shape index (κ2) is 7.48. The lowest BCUT2D eigenvalue weighted by atomic mass is 10.1. The highest BCUT2D eigenvalue weighted by Crippen LogP contribution is 2.23. The van der Waals surface area contributed by atoms with Gasteiger partial charge in [0.15, 0.2) is 0 Å². The van der Waals surface area contributed by atoms with E-state index in [-0.39, 0.29) is 0 Å². The van der Waals surface area contributed by atoms with Crippen molar-refractivity contribution in [3.63, 3.8) is 0 Å². The second-order valence-corrected chi connectivity index (χ2v) is 6.79. The molecule has 0 amide bonds. The van der Waals surface area contributed by atoms with Crippen LogP contribution in [-0.4, -0.2) is 47.8 Å². The number of rotatable bonds is 5. The van der Waals surface area contributed by atoms with Gasteiger partial charge in [-0.2, -0.15) is 0 Å². The number of piperazine rings is 1. The third kappa shape index (κ3) is 3.78. The smallest absolute Gasteiger partial charge is 0.0246 e. The van der Waals surface area contributed by atoms with Crippen molar-refractivity contribution in [2.75, 3.05) is 25.9 Å². The largest absolute Gasteiger partial charge is 0.296 e. The molecule has 1 aromatic carbocycles. The molecule has 0 bridgehead atoms. The highest BCUT2D eigenvalue weighted by Gasteiger charge is 2.27. The molecule has 2 nitrogen and oxygen atoms in total. The van der Waals surface area contributed by atoms with Gasteiger partial charge in [0.1, 0.15) is 0 Å². The highest BCUT2D eigenvalue weighted by molar-refractivity contribution is 7.98. The van der Waals surface area contributed by atoms with Crippen LogP contribution in [-0.2, 0) is 6.54 Å². The fraction of sp³-hybridized carbons (Fsp3) is 0.647. The third-order valence-corrected chi connectivity index (χ3v) is 5.17. The van der Waals surface area contributed by atoms with Crippen molar-refractivity contribution in [1.29, 1.82) is 0 Å². The van der Waals surface area contributed by atoms with Gasteiger partial charge in [0.2, 0.25) is 0 Å². The summed E-state index contributed by atoms with van der Waals surface area (Å²) in [7, 11) is 0. The second-order valence-electron chi connectivity index (χ2n) is 5.94. The molecule has 1 heterocycles. The van der Waals surface area contributed by atoms with E-state index in [4.69, 9.17) is 0 Å². The molecule has 0 saturated carbocycles. The Morgan fingerprint density at radius 3 is 2.65 bits per heavy atom. The third-order valence-electron chi connectivity index (χ3n) is 4.33. The molecule has 0 radical (unpaired) electrons. The highest BCUT2D eigenvalue weighted by atomic mass is 32.2. The minimum absolute atomic E-state index is 0.667. The summed E-state index contributed by atoms with van der Waals surface area (Å²) in [4.78, 5) is 6.71. The monoisotopic (exact) mass is 292 g/mol. The zero-order valence-electron chi connectivity index (χ0n) is 13.3. The van der Waals surface area contributed by atoms with Gasteiger partial charge in [-0.3, -0.25) is 9.80 Å². The van der Waals surface area contributed by atoms with Crippen LogP contribution in [0.25, 0.3) is 0 Å². The Labute approximate surface area is 128 Å². The SMILES string of the molecule is CC[C@@H]1CN(Cc2ccccc2SC)CCN1C(C)C. The van der Waals surface area contributed by atoms with Gasteiger partial charge in [0, 0.05) is 43.2 Å². The van der Waals surface area contributed by atoms with Gasteiger partial charge in [-0.25, -0.2) is 0 Å². The first-order chi connectivity index (χ1) is 9.65. The number of hydrogen-bond acceptors (Lipinski definition) is 3. The molecule has 1 saturated heterocycles. The summed E-state index contributed by atoms with van der Waals surface area (Å²) in [5.74, 6) is 0. The van der Waals surface area contributed by atoms with E-state index < -0.39 is 0 Å². The van der Waals surface area contributed by atoms with E-state index in [2.05, 4.69) is 61.1 Å². The van der Waals surface area contributed by atoms with E-state index in [1.165, 1.54) is 36.5 Å². The number of benzene rings is 1. The van der Waals surface area contributed by atoms with E-state index in [9.17, 15) is 0 Å². The van der Waals surface area contributed by atoms with Crippen molar-refractivity contribution in [2.45, 2.75) is 50.7 Å². The average molecular weight is 292 g/mol. The molecular formula is C17H28N2S. The minimum atomic E-state index is 0.667. The number of hydrogen-bond donors (Lipinski definition) is 0. The molecule has 2 rings (SSSR count). The van der Waals surface area contributed by atoms with Crippen LogP contribution in [0.4, 0.5) is 0 Å². The van der Waals surface area contributed by atoms with E-state index >= 15 is 0 Å². The Morgan fingerprint density at radius 1 is 1.25 bits per heavy atom. The Kier molecular flexibility index (Phi) is 5.94. The van der Waals surface area contributed by atoms with Gasteiger partial charge in [-0.1, -0.05) is 25.1 Å². The molecule has 0 unspecified atom stereocenters. The van der Waals surface area contributed by atoms with Gasteiger partial charge in [-0.15, -0.1) is 11.8 Å². The lowest BCUT2D eigenvalue weighted by molar-refractivity contribution is 0.0453. The molecule has 1 aromatic rings. The number of thioether (sulfide) groups is 1. The molecule has 0 spiro atoms. The summed E-state index contributed by atoms with van der Waals surface area (Å²) < 4.78 is 0. The Balaban J connectivity index is 2.01. The maximum absolute atomic E-state index is 2.66. The molecule has 1 aliphatic heterocycles. The van der Waals surface area contributed by atoms with Crippen LogP contribution in [0, 0.1) is 0 Å². The predicted octanol–water partition coefficient (Wildman–Crippen LogP) is 3.71. The van der Waals surface area contributed by atoms with Crippen LogP contribution >= 0.6 is 11.8 Å². The standard InChI is InChI=1S/C17H28N2S/c1-5-16-13-18(10-11-19(16)14(2)3)12-15-8-6-7-9-17(15)20-4/h6-9,14,16H,5,10-13H2,1-4H3/t16-/m1/s1. The van der Waals surface area contributed by atoms with Crippen LogP contribution in [0.15, 0.2) is 29.2 Å². The lowest BCUT2D eigenvalue weighted by Crippen LogP contribution is -2.54. The molecule has 3 heteroatoms. The molecule has 112 valence electrons. The Hall–Kier alpha value is -0.510. The predicted molar refractivity (Wildman–Crippen MR) is 89.4 cm³/mol. The first-order valence-electron chi connectivity index (χ1n) is 7.75. The van der Waals surface area contributed by atoms with Crippen molar-refractivity contribution in [3.05, 3.63) is 29.8 Å². The van der Waals surface area contributed by atoms with E-state index in [0.29, 0.717) is 12.1 Å². The Morgan fingerprint density at radius 2 is 2.00 bits per heavy atom. The average Bonchev–Trinajstić information content (AvgIpc) is 2.47. The topological polar surface area (TPSA) is 6.48 Å². The van der Waals surface area contributed by atoms with Gasteiger partial charge in [0.25, 0.3) is 0 Å². The Bertz CT molecular complexity index is 419. The van der Waals surface area contributed by atoms with Gasteiger partial charge >= 0.3 is 0 Å². The summed E-state index contributed by atoms with van der Waals surface area (Å²) in [6.45, 7) is 11.7. The number of nitrogens with zero attached hydrogens (tertiary/aromatic N) is 2. The molecule has 0 N–H and O–H groups in total. The maximum Gasteiger partial charge on any atom is 0.0246 e. The van der Waals surface area contributed by atoms with E-state index in [1.807, 2.05) is 11.8 Å². The van der Waals surface area contributed by atoms with Crippen molar-refractivity contribution in [3.8, 4) is 0 Å². The molecular weight excluding hydrogens is 264 g/mol. The van der Waals surface area contributed by atoms with Crippen LogP contribution in [0.3, 0.4) is 0 Å². The zero-order chi connectivity index (χ0) is 14.5. The van der Waals surface area contributed by atoms with Gasteiger partial charge in [0.05, 0.1) is 0 Å². The molecule has 1 fully saturated rings. The molecule has 1 aliphatic rings. The first-order valence-corrected chi connectivity index (χ1v) is 8.98. The molecule has 20 heavy (non-hydrogen) atoms. The molecule has 1 atom stereocenters.